The fraction of sp³-hybridized carbons (Fsp3) is 0.214. The number of hydrogen-bond acceptors (Lipinski definition) is 4. The van der Waals surface area contributed by atoms with Crippen LogP contribution in [0.15, 0.2) is 43.5 Å². The summed E-state index contributed by atoms with van der Waals surface area (Å²) in [6.07, 6.45) is 6.54. The van der Waals surface area contributed by atoms with E-state index in [1.165, 1.54) is 0 Å². The Morgan fingerprint density at radius 2 is 2.00 bits per heavy atom. The number of aryl methyl sites for hydroxylation is 1. The molecule has 0 aliphatic carbocycles. The third-order valence-electron chi connectivity index (χ3n) is 2.82. The lowest BCUT2D eigenvalue weighted by Gasteiger charge is -2.11. The zero-order valence-electron chi connectivity index (χ0n) is 10.8. The Morgan fingerprint density at radius 3 is 2.63 bits per heavy atom. The standard InChI is InChI=1S/C14H19N5/c1-11(12-7-13(15)9-14(16)8-12)18-3-2-5-19-6-4-17-10-19/h4,6-10,18H,1-3,5,15-16H2. The van der Waals surface area contributed by atoms with Crippen molar-refractivity contribution in [2.24, 2.45) is 0 Å². The van der Waals surface area contributed by atoms with Crippen LogP contribution in [0.4, 0.5) is 11.4 Å². The monoisotopic (exact) mass is 257 g/mol. The largest absolute Gasteiger partial charge is 0.399 e. The minimum absolute atomic E-state index is 0.649. The Balaban J connectivity index is 1.80. The quantitative estimate of drug-likeness (QED) is 0.543. The van der Waals surface area contributed by atoms with E-state index in [-0.39, 0.29) is 0 Å². The van der Waals surface area contributed by atoms with E-state index in [4.69, 9.17) is 11.5 Å². The van der Waals surface area contributed by atoms with Gasteiger partial charge in [-0.15, -0.1) is 0 Å². The van der Waals surface area contributed by atoms with Crippen molar-refractivity contribution in [1.29, 1.82) is 0 Å². The second kappa shape index (κ2) is 5.95. The van der Waals surface area contributed by atoms with E-state index < -0.39 is 0 Å². The second-order valence-electron chi connectivity index (χ2n) is 4.45. The van der Waals surface area contributed by atoms with Crippen molar-refractivity contribution in [3.8, 4) is 0 Å². The van der Waals surface area contributed by atoms with Gasteiger partial charge in [-0.3, -0.25) is 0 Å². The van der Waals surface area contributed by atoms with E-state index in [1.807, 2.05) is 29.2 Å². The molecule has 0 saturated carbocycles. The van der Waals surface area contributed by atoms with Gasteiger partial charge < -0.3 is 21.4 Å². The molecule has 0 saturated heterocycles. The molecule has 5 heteroatoms. The second-order valence-corrected chi connectivity index (χ2v) is 4.45. The molecule has 2 aromatic rings. The van der Waals surface area contributed by atoms with E-state index in [2.05, 4.69) is 16.9 Å². The van der Waals surface area contributed by atoms with Gasteiger partial charge in [-0.25, -0.2) is 4.98 Å². The van der Waals surface area contributed by atoms with Crippen LogP contribution in [0.5, 0.6) is 0 Å². The van der Waals surface area contributed by atoms with Gasteiger partial charge in [-0.1, -0.05) is 6.58 Å². The van der Waals surface area contributed by atoms with Crippen LogP contribution in [0.3, 0.4) is 0 Å². The van der Waals surface area contributed by atoms with Gasteiger partial charge in [-0.2, -0.15) is 0 Å². The van der Waals surface area contributed by atoms with Crippen molar-refractivity contribution in [1.82, 2.24) is 14.9 Å². The highest BCUT2D eigenvalue weighted by atomic mass is 15.0. The Hall–Kier alpha value is -2.43. The van der Waals surface area contributed by atoms with Gasteiger partial charge in [0, 0.05) is 48.1 Å². The maximum absolute atomic E-state index is 5.76. The first-order chi connectivity index (χ1) is 9.15. The molecule has 0 aliphatic heterocycles. The number of aromatic nitrogens is 2. The lowest BCUT2D eigenvalue weighted by atomic mass is 10.1. The molecule has 2 rings (SSSR count). The third-order valence-corrected chi connectivity index (χ3v) is 2.82. The molecule has 0 aliphatic rings. The summed E-state index contributed by atoms with van der Waals surface area (Å²) in [4.78, 5) is 4.00. The van der Waals surface area contributed by atoms with Gasteiger partial charge in [0.2, 0.25) is 0 Å². The van der Waals surface area contributed by atoms with E-state index in [0.29, 0.717) is 11.4 Å². The molecular weight excluding hydrogens is 238 g/mol. The average molecular weight is 257 g/mol. The predicted molar refractivity (Wildman–Crippen MR) is 79.1 cm³/mol. The summed E-state index contributed by atoms with van der Waals surface area (Å²) in [6, 6.07) is 5.46. The summed E-state index contributed by atoms with van der Waals surface area (Å²) in [7, 11) is 0. The molecule has 0 bridgehead atoms. The summed E-state index contributed by atoms with van der Waals surface area (Å²) in [5.74, 6) is 0. The fourth-order valence-electron chi connectivity index (χ4n) is 1.87. The highest BCUT2D eigenvalue weighted by Gasteiger charge is 2.01. The minimum atomic E-state index is 0.649. The lowest BCUT2D eigenvalue weighted by Crippen LogP contribution is -2.15. The first kappa shape index (κ1) is 13.0. The number of hydrogen-bond donors (Lipinski definition) is 3. The van der Waals surface area contributed by atoms with Crippen LogP contribution in [0.1, 0.15) is 12.0 Å². The summed E-state index contributed by atoms with van der Waals surface area (Å²) in [5, 5.41) is 3.28. The zero-order chi connectivity index (χ0) is 13.7. The van der Waals surface area contributed by atoms with Gasteiger partial charge in [0.25, 0.3) is 0 Å². The van der Waals surface area contributed by atoms with Gasteiger partial charge >= 0.3 is 0 Å². The Bertz CT molecular complexity index is 525. The van der Waals surface area contributed by atoms with Crippen molar-refractivity contribution in [3.63, 3.8) is 0 Å². The topological polar surface area (TPSA) is 81.9 Å². The molecule has 1 aromatic heterocycles. The molecule has 0 unspecified atom stereocenters. The Kier molecular flexibility index (Phi) is 4.07. The third kappa shape index (κ3) is 3.77. The van der Waals surface area contributed by atoms with Crippen LogP contribution in [-0.2, 0) is 6.54 Å². The van der Waals surface area contributed by atoms with E-state index in [1.54, 1.807) is 12.3 Å². The van der Waals surface area contributed by atoms with E-state index >= 15 is 0 Å². The molecule has 0 radical (unpaired) electrons. The van der Waals surface area contributed by atoms with Crippen LogP contribution in [0.2, 0.25) is 0 Å². The molecule has 0 atom stereocenters. The molecule has 1 aromatic carbocycles. The molecule has 1 heterocycles. The number of nitrogens with one attached hydrogen (secondary N) is 1. The van der Waals surface area contributed by atoms with Crippen molar-refractivity contribution >= 4 is 17.1 Å². The Labute approximate surface area is 112 Å². The van der Waals surface area contributed by atoms with E-state index in [0.717, 1.165) is 30.8 Å². The number of nitrogens with two attached hydrogens (primary N) is 2. The van der Waals surface area contributed by atoms with Crippen LogP contribution in [0, 0.1) is 0 Å². The van der Waals surface area contributed by atoms with Gasteiger partial charge in [0.1, 0.15) is 0 Å². The van der Waals surface area contributed by atoms with Crippen LogP contribution >= 0.6 is 0 Å². The first-order valence-corrected chi connectivity index (χ1v) is 6.20. The number of nitrogen functional groups attached to an aromatic ring is 2. The van der Waals surface area contributed by atoms with Gasteiger partial charge in [-0.05, 0) is 24.6 Å². The number of imidazole rings is 1. The minimum Gasteiger partial charge on any atom is -0.399 e. The maximum Gasteiger partial charge on any atom is 0.0945 e. The van der Waals surface area contributed by atoms with Crippen molar-refractivity contribution in [2.75, 3.05) is 18.0 Å². The average Bonchev–Trinajstić information content (AvgIpc) is 2.86. The summed E-state index contributed by atoms with van der Waals surface area (Å²) < 4.78 is 2.04. The van der Waals surface area contributed by atoms with Crippen molar-refractivity contribution in [3.05, 3.63) is 49.1 Å². The molecule has 0 amide bonds. The number of benzene rings is 1. The zero-order valence-corrected chi connectivity index (χ0v) is 10.8. The van der Waals surface area contributed by atoms with Crippen molar-refractivity contribution in [2.45, 2.75) is 13.0 Å². The highest BCUT2D eigenvalue weighted by molar-refractivity contribution is 5.69. The SMILES string of the molecule is C=C(NCCCn1ccnc1)c1cc(N)cc(N)c1. The van der Waals surface area contributed by atoms with Crippen molar-refractivity contribution < 1.29 is 0 Å². The molecule has 0 fully saturated rings. The first-order valence-electron chi connectivity index (χ1n) is 6.20. The van der Waals surface area contributed by atoms with Gasteiger partial charge in [0.05, 0.1) is 6.33 Å². The van der Waals surface area contributed by atoms with Gasteiger partial charge in [0.15, 0.2) is 0 Å². The smallest absolute Gasteiger partial charge is 0.0945 e. The summed E-state index contributed by atoms with van der Waals surface area (Å²) in [5.41, 5.74) is 14.6. The normalized spacial score (nSPS) is 10.3. The number of rotatable bonds is 6. The molecule has 0 spiro atoms. The molecule has 100 valence electrons. The fourth-order valence-corrected chi connectivity index (χ4v) is 1.87. The summed E-state index contributed by atoms with van der Waals surface area (Å²) in [6.45, 7) is 5.77. The number of nitrogens with zero attached hydrogens (tertiary/aromatic N) is 2. The molecule has 5 nitrogen and oxygen atoms in total. The van der Waals surface area contributed by atoms with Crippen LogP contribution in [-0.4, -0.2) is 16.1 Å². The van der Waals surface area contributed by atoms with Crippen LogP contribution < -0.4 is 16.8 Å². The molecule has 19 heavy (non-hydrogen) atoms. The van der Waals surface area contributed by atoms with E-state index in [9.17, 15) is 0 Å². The summed E-state index contributed by atoms with van der Waals surface area (Å²) >= 11 is 0. The molecule has 5 N–H and O–H groups in total. The number of anilines is 2. The molecular formula is C14H19N5. The predicted octanol–water partition coefficient (Wildman–Crippen LogP) is 1.70. The lowest BCUT2D eigenvalue weighted by molar-refractivity contribution is 0.627. The van der Waals surface area contributed by atoms with Crippen LogP contribution in [0.25, 0.3) is 5.70 Å². The Morgan fingerprint density at radius 1 is 1.26 bits per heavy atom. The maximum atomic E-state index is 5.76. The highest BCUT2D eigenvalue weighted by Crippen LogP contribution is 2.18.